The lowest BCUT2D eigenvalue weighted by Gasteiger charge is -2.18. The van der Waals surface area contributed by atoms with Gasteiger partial charge in [-0.2, -0.15) is 18.4 Å². The summed E-state index contributed by atoms with van der Waals surface area (Å²) < 4.78 is 43.3. The third kappa shape index (κ3) is 4.73. The van der Waals surface area contributed by atoms with Crippen LogP contribution in [0.1, 0.15) is 18.9 Å². The Morgan fingerprint density at radius 3 is 2.68 bits per heavy atom. The molecule has 1 unspecified atom stereocenters. The van der Waals surface area contributed by atoms with Gasteiger partial charge >= 0.3 is 12.1 Å². The number of hydrogen-bond acceptors (Lipinski definition) is 6. The fourth-order valence-electron chi connectivity index (χ4n) is 2.72. The van der Waals surface area contributed by atoms with Gasteiger partial charge in [0.1, 0.15) is 5.92 Å². The Morgan fingerprint density at radius 1 is 1.43 bits per heavy atom. The number of nitrogens with zero attached hydrogens (tertiary/aromatic N) is 2. The van der Waals surface area contributed by atoms with Crippen molar-refractivity contribution in [2.45, 2.75) is 19.5 Å². The van der Waals surface area contributed by atoms with Gasteiger partial charge in [0.25, 0.3) is 0 Å². The second-order valence-electron chi connectivity index (χ2n) is 6.27. The minimum absolute atomic E-state index is 0.00942. The number of alkyl halides is 3. The van der Waals surface area contributed by atoms with Crippen molar-refractivity contribution in [3.8, 4) is 6.07 Å². The van der Waals surface area contributed by atoms with Crippen LogP contribution in [-0.2, 0) is 25.3 Å². The number of ketones is 1. The predicted molar refractivity (Wildman–Crippen MR) is 90.4 cm³/mol. The predicted octanol–water partition coefficient (Wildman–Crippen LogP) is 2.35. The highest BCUT2D eigenvalue weighted by Crippen LogP contribution is 2.33. The van der Waals surface area contributed by atoms with Crippen LogP contribution in [-0.4, -0.2) is 36.5 Å². The van der Waals surface area contributed by atoms with Gasteiger partial charge in [0.15, 0.2) is 12.4 Å². The molecule has 2 atom stereocenters. The highest BCUT2D eigenvalue weighted by molar-refractivity contribution is 6.06. The number of anilines is 1. The van der Waals surface area contributed by atoms with Gasteiger partial charge in [-0.3, -0.25) is 14.4 Å². The van der Waals surface area contributed by atoms with Gasteiger partial charge in [0.2, 0.25) is 5.91 Å². The normalized spacial score (nSPS) is 17.8. The number of nitriles is 1. The van der Waals surface area contributed by atoms with Gasteiger partial charge in [-0.1, -0.05) is 6.07 Å². The molecule has 1 aliphatic heterocycles. The first-order valence-electron chi connectivity index (χ1n) is 8.16. The number of halogens is 3. The van der Waals surface area contributed by atoms with Gasteiger partial charge in [0, 0.05) is 24.4 Å². The lowest BCUT2D eigenvalue weighted by Crippen LogP contribution is -2.29. The molecular formula is C18H16F3N3O4. The van der Waals surface area contributed by atoms with Crippen LogP contribution >= 0.6 is 0 Å². The molecule has 0 spiro atoms. The first-order valence-corrected chi connectivity index (χ1v) is 8.16. The van der Waals surface area contributed by atoms with Crippen molar-refractivity contribution in [2.75, 3.05) is 18.1 Å². The van der Waals surface area contributed by atoms with Crippen molar-refractivity contribution in [1.29, 1.82) is 10.7 Å². The molecule has 1 saturated heterocycles. The van der Waals surface area contributed by atoms with Crippen LogP contribution in [0.25, 0.3) is 0 Å². The van der Waals surface area contributed by atoms with Crippen LogP contribution in [0, 0.1) is 28.6 Å². The van der Waals surface area contributed by atoms with E-state index in [1.165, 1.54) is 13.0 Å². The van der Waals surface area contributed by atoms with Gasteiger partial charge < -0.3 is 15.0 Å². The number of carbonyl (C=O) groups excluding carboxylic acids is 3. The van der Waals surface area contributed by atoms with E-state index in [1.807, 2.05) is 0 Å². The number of amides is 1. The van der Waals surface area contributed by atoms with E-state index >= 15 is 0 Å². The fourth-order valence-corrected chi connectivity index (χ4v) is 2.72. The summed E-state index contributed by atoms with van der Waals surface area (Å²) in [6, 6.07) is 5.81. The molecule has 0 radical (unpaired) electrons. The largest absolute Gasteiger partial charge is 0.457 e. The Bertz CT molecular complexity index is 860. The van der Waals surface area contributed by atoms with Gasteiger partial charge in [-0.25, -0.2) is 0 Å². The lowest BCUT2D eigenvalue weighted by molar-refractivity contribution is -0.152. The summed E-state index contributed by atoms with van der Waals surface area (Å²) in [5.41, 5.74) is -1.09. The molecular weight excluding hydrogens is 379 g/mol. The number of ether oxygens (including phenoxy) is 1. The molecule has 28 heavy (non-hydrogen) atoms. The molecule has 1 aliphatic rings. The molecule has 0 aliphatic carbocycles. The van der Waals surface area contributed by atoms with Crippen molar-refractivity contribution in [2.24, 2.45) is 11.8 Å². The summed E-state index contributed by atoms with van der Waals surface area (Å²) in [6.45, 7) is 0.371. The van der Waals surface area contributed by atoms with Crippen molar-refractivity contribution in [1.82, 2.24) is 0 Å². The van der Waals surface area contributed by atoms with Crippen LogP contribution in [0.5, 0.6) is 0 Å². The second kappa shape index (κ2) is 8.21. The van der Waals surface area contributed by atoms with E-state index in [9.17, 15) is 27.6 Å². The van der Waals surface area contributed by atoms with Crippen molar-refractivity contribution >= 4 is 29.1 Å². The maximum atomic E-state index is 12.8. The van der Waals surface area contributed by atoms with E-state index in [1.54, 1.807) is 6.07 Å². The Kier molecular flexibility index (Phi) is 6.18. The minimum Gasteiger partial charge on any atom is -0.457 e. The summed E-state index contributed by atoms with van der Waals surface area (Å²) in [6.07, 6.45) is -4.84. The average molecular weight is 395 g/mol. The van der Waals surface area contributed by atoms with Crippen molar-refractivity contribution in [3.05, 3.63) is 29.8 Å². The van der Waals surface area contributed by atoms with Crippen LogP contribution in [0.15, 0.2) is 24.3 Å². The average Bonchev–Trinajstić information content (AvgIpc) is 3.01. The van der Waals surface area contributed by atoms with Crippen LogP contribution < -0.4 is 4.90 Å². The number of Topliss-reactive ketones (excluding diaryl/α,β-unsaturated/α-hetero) is 1. The van der Waals surface area contributed by atoms with Gasteiger partial charge in [-0.05, 0) is 25.1 Å². The van der Waals surface area contributed by atoms with E-state index < -0.39 is 47.8 Å². The monoisotopic (exact) mass is 395 g/mol. The highest BCUT2D eigenvalue weighted by atomic mass is 19.4. The zero-order valence-electron chi connectivity index (χ0n) is 14.7. The summed E-state index contributed by atoms with van der Waals surface area (Å²) >= 11 is 0. The molecule has 1 fully saturated rings. The number of rotatable bonds is 6. The molecule has 1 amide bonds. The number of benzene rings is 1. The quantitative estimate of drug-likeness (QED) is 0.587. The minimum atomic E-state index is -4.57. The Hall–Kier alpha value is -3.22. The van der Waals surface area contributed by atoms with Gasteiger partial charge in [0.05, 0.1) is 17.6 Å². The Morgan fingerprint density at radius 2 is 2.11 bits per heavy atom. The number of carbonyl (C=O) groups is 3. The molecule has 0 bridgehead atoms. The van der Waals surface area contributed by atoms with E-state index in [-0.39, 0.29) is 24.4 Å². The molecule has 1 aromatic carbocycles. The molecule has 10 heteroatoms. The molecule has 0 aromatic heterocycles. The molecule has 1 N–H and O–H groups in total. The highest BCUT2D eigenvalue weighted by Gasteiger charge is 2.38. The second-order valence-corrected chi connectivity index (χ2v) is 6.27. The third-order valence-corrected chi connectivity index (χ3v) is 4.18. The number of esters is 1. The standard InChI is InChI=1S/C18H16F3N3O4/c1-10(23)14(7-22)15(25)9-28-17(27)11-5-16(26)24(8-11)13-4-2-3-12(6-13)18(19,20)21/h2-4,6,11,14,23H,5,8-9H2,1H3/t11-,14?/m0/s1. The zero-order chi connectivity index (χ0) is 21.1. The smallest absolute Gasteiger partial charge is 0.416 e. The molecule has 2 rings (SSSR count). The first kappa shape index (κ1) is 21.1. The van der Waals surface area contributed by atoms with Crippen LogP contribution in [0.2, 0.25) is 0 Å². The maximum absolute atomic E-state index is 12.8. The van der Waals surface area contributed by atoms with Crippen molar-refractivity contribution in [3.63, 3.8) is 0 Å². The lowest BCUT2D eigenvalue weighted by atomic mass is 10.0. The summed E-state index contributed by atoms with van der Waals surface area (Å²) in [4.78, 5) is 37.1. The van der Waals surface area contributed by atoms with Gasteiger partial charge in [-0.15, -0.1) is 0 Å². The Balaban J connectivity index is 2.03. The SMILES string of the molecule is CC(=N)C(C#N)C(=O)COC(=O)[C@H]1CC(=O)N(c2cccc(C(F)(F)F)c2)C1. The molecule has 1 aromatic rings. The third-order valence-electron chi connectivity index (χ3n) is 4.18. The first-order chi connectivity index (χ1) is 13.0. The summed E-state index contributed by atoms with van der Waals surface area (Å²) in [5.74, 6) is -4.44. The Labute approximate surface area is 158 Å². The number of nitrogens with one attached hydrogen (secondary N) is 1. The van der Waals surface area contributed by atoms with E-state index in [2.05, 4.69) is 0 Å². The van der Waals surface area contributed by atoms with Crippen molar-refractivity contribution < 1.29 is 32.3 Å². The zero-order valence-corrected chi connectivity index (χ0v) is 14.7. The van der Waals surface area contributed by atoms with E-state index in [0.29, 0.717) is 0 Å². The molecule has 1 heterocycles. The van der Waals surface area contributed by atoms with Crippen LogP contribution in [0.3, 0.4) is 0 Å². The summed E-state index contributed by atoms with van der Waals surface area (Å²) in [5, 5.41) is 16.2. The molecule has 7 nitrogen and oxygen atoms in total. The van der Waals surface area contributed by atoms with E-state index in [4.69, 9.17) is 15.4 Å². The topological polar surface area (TPSA) is 111 Å². The number of hydrogen-bond donors (Lipinski definition) is 1. The van der Waals surface area contributed by atoms with Crippen LogP contribution in [0.4, 0.5) is 18.9 Å². The van der Waals surface area contributed by atoms with E-state index in [0.717, 1.165) is 23.1 Å². The molecule has 0 saturated carbocycles. The maximum Gasteiger partial charge on any atom is 0.416 e. The molecule has 148 valence electrons. The summed E-state index contributed by atoms with van der Waals surface area (Å²) in [7, 11) is 0. The fraction of sp³-hybridized carbons (Fsp3) is 0.389.